The lowest BCUT2D eigenvalue weighted by molar-refractivity contribution is 0.519. The number of aryl methyl sites for hydroxylation is 1. The molecular weight excluding hydrogens is 255 g/mol. The van der Waals surface area contributed by atoms with Gasteiger partial charge in [0.15, 0.2) is 0 Å². The van der Waals surface area contributed by atoms with Gasteiger partial charge in [-0.2, -0.15) is 0 Å². The molecule has 0 spiro atoms. The van der Waals surface area contributed by atoms with Crippen LogP contribution in [0.4, 0.5) is 0 Å². The molecule has 0 radical (unpaired) electrons. The molecule has 2 aromatic rings. The van der Waals surface area contributed by atoms with Crippen LogP contribution in [0.2, 0.25) is 5.02 Å². The maximum atomic E-state index is 6.17. The zero-order chi connectivity index (χ0) is 12.4. The minimum Gasteiger partial charge on any atom is -0.328 e. The lowest BCUT2D eigenvalue weighted by Gasteiger charge is -2.10. The van der Waals surface area contributed by atoms with E-state index in [0.717, 1.165) is 29.8 Å². The highest BCUT2D eigenvalue weighted by Crippen LogP contribution is 2.25. The van der Waals surface area contributed by atoms with E-state index in [1.807, 2.05) is 12.1 Å². The molecule has 92 valence electrons. The number of alkyl halides is 1. The van der Waals surface area contributed by atoms with E-state index >= 15 is 0 Å². The lowest BCUT2D eigenvalue weighted by atomic mass is 10.2. The Morgan fingerprint density at radius 2 is 2.12 bits per heavy atom. The number of para-hydroxylation sites is 1. The summed E-state index contributed by atoms with van der Waals surface area (Å²) in [5, 5.41) is 0.709. The zero-order valence-corrected chi connectivity index (χ0v) is 11.6. The van der Waals surface area contributed by atoms with Crippen LogP contribution in [-0.4, -0.2) is 15.4 Å². The quantitative estimate of drug-likeness (QED) is 0.764. The molecule has 0 atom stereocenters. The molecule has 0 unspecified atom stereocenters. The number of rotatable bonds is 4. The fourth-order valence-electron chi connectivity index (χ4n) is 2.01. The Labute approximate surface area is 112 Å². The summed E-state index contributed by atoms with van der Waals surface area (Å²) in [7, 11) is 0. The summed E-state index contributed by atoms with van der Waals surface area (Å²) in [6.45, 7) is 5.34. The van der Waals surface area contributed by atoms with Crippen molar-refractivity contribution in [1.29, 1.82) is 0 Å². The number of aromatic nitrogens is 2. The molecule has 0 aliphatic heterocycles. The van der Waals surface area contributed by atoms with Crippen molar-refractivity contribution in [2.24, 2.45) is 5.92 Å². The number of nitrogens with zero attached hydrogens (tertiary/aromatic N) is 2. The van der Waals surface area contributed by atoms with Gasteiger partial charge in [0.2, 0.25) is 0 Å². The smallest absolute Gasteiger partial charge is 0.111 e. The van der Waals surface area contributed by atoms with Crippen molar-refractivity contribution >= 4 is 34.2 Å². The van der Waals surface area contributed by atoms with Crippen molar-refractivity contribution in [3.63, 3.8) is 0 Å². The first kappa shape index (κ1) is 12.7. The van der Waals surface area contributed by atoms with Crippen LogP contribution in [0.15, 0.2) is 18.2 Å². The normalized spacial score (nSPS) is 11.6. The van der Waals surface area contributed by atoms with Crippen LogP contribution in [0.5, 0.6) is 0 Å². The predicted octanol–water partition coefficient (Wildman–Crippen LogP) is 4.13. The van der Waals surface area contributed by atoms with Gasteiger partial charge in [-0.25, -0.2) is 4.98 Å². The summed E-state index contributed by atoms with van der Waals surface area (Å²) in [4.78, 5) is 4.60. The van der Waals surface area contributed by atoms with Crippen molar-refractivity contribution < 1.29 is 0 Å². The van der Waals surface area contributed by atoms with E-state index in [4.69, 9.17) is 23.2 Å². The molecule has 0 amide bonds. The van der Waals surface area contributed by atoms with Gasteiger partial charge in [-0.15, -0.1) is 11.6 Å². The topological polar surface area (TPSA) is 17.8 Å². The Balaban J connectivity index is 2.58. The molecule has 0 saturated carbocycles. The molecule has 0 aliphatic rings. The SMILES string of the molecule is CC(C)Cn1c(CCCl)nc2c(Cl)cccc21. The molecule has 0 aliphatic carbocycles. The molecule has 1 heterocycles. The molecule has 0 saturated heterocycles. The van der Waals surface area contributed by atoms with E-state index in [9.17, 15) is 0 Å². The van der Waals surface area contributed by atoms with Gasteiger partial charge in [-0.3, -0.25) is 0 Å². The second-order valence-corrected chi connectivity index (χ2v) is 5.36. The van der Waals surface area contributed by atoms with E-state index < -0.39 is 0 Å². The van der Waals surface area contributed by atoms with Crippen LogP contribution in [0.25, 0.3) is 11.0 Å². The fourth-order valence-corrected chi connectivity index (χ4v) is 2.39. The number of halogens is 2. The molecular formula is C13H16Cl2N2. The number of hydrogen-bond donors (Lipinski definition) is 0. The zero-order valence-electron chi connectivity index (χ0n) is 10.1. The van der Waals surface area contributed by atoms with Gasteiger partial charge in [0, 0.05) is 18.8 Å². The summed E-state index contributed by atoms with van der Waals surface area (Å²) in [6, 6.07) is 5.91. The monoisotopic (exact) mass is 270 g/mol. The van der Waals surface area contributed by atoms with Gasteiger partial charge in [-0.05, 0) is 18.1 Å². The summed E-state index contributed by atoms with van der Waals surface area (Å²) < 4.78 is 2.23. The summed E-state index contributed by atoms with van der Waals surface area (Å²) in [5.74, 6) is 2.18. The highest BCUT2D eigenvalue weighted by Gasteiger charge is 2.13. The van der Waals surface area contributed by atoms with Crippen molar-refractivity contribution in [3.8, 4) is 0 Å². The van der Waals surface area contributed by atoms with Gasteiger partial charge in [0.05, 0.1) is 10.5 Å². The Kier molecular flexibility index (Phi) is 3.95. The van der Waals surface area contributed by atoms with E-state index in [1.165, 1.54) is 0 Å². The van der Waals surface area contributed by atoms with Crippen LogP contribution in [0.3, 0.4) is 0 Å². The molecule has 0 bridgehead atoms. The van der Waals surface area contributed by atoms with Gasteiger partial charge in [-0.1, -0.05) is 31.5 Å². The van der Waals surface area contributed by atoms with Gasteiger partial charge in [0.1, 0.15) is 11.3 Å². The van der Waals surface area contributed by atoms with E-state index in [0.29, 0.717) is 16.8 Å². The first-order valence-electron chi connectivity index (χ1n) is 5.83. The molecule has 1 aromatic carbocycles. The maximum Gasteiger partial charge on any atom is 0.111 e. The van der Waals surface area contributed by atoms with Gasteiger partial charge in [0.25, 0.3) is 0 Å². The van der Waals surface area contributed by atoms with Crippen LogP contribution < -0.4 is 0 Å². The fraction of sp³-hybridized carbons (Fsp3) is 0.462. The minimum atomic E-state index is 0.570. The third kappa shape index (κ3) is 2.58. The van der Waals surface area contributed by atoms with Gasteiger partial charge >= 0.3 is 0 Å². The third-order valence-electron chi connectivity index (χ3n) is 2.67. The van der Waals surface area contributed by atoms with Crippen LogP contribution in [0, 0.1) is 5.92 Å². The number of imidazole rings is 1. The van der Waals surface area contributed by atoms with E-state index in [1.54, 1.807) is 0 Å². The summed E-state index contributed by atoms with van der Waals surface area (Å²) in [5.41, 5.74) is 1.99. The Bertz CT molecular complexity index is 517. The Morgan fingerprint density at radius 1 is 1.35 bits per heavy atom. The first-order valence-corrected chi connectivity index (χ1v) is 6.74. The lowest BCUT2D eigenvalue weighted by Crippen LogP contribution is -2.09. The van der Waals surface area contributed by atoms with Gasteiger partial charge < -0.3 is 4.57 Å². The second kappa shape index (κ2) is 5.28. The number of benzene rings is 1. The number of hydrogen-bond acceptors (Lipinski definition) is 1. The molecule has 4 heteroatoms. The molecule has 0 N–H and O–H groups in total. The van der Waals surface area contributed by atoms with E-state index in [2.05, 4.69) is 29.5 Å². The van der Waals surface area contributed by atoms with Crippen molar-refractivity contribution in [2.75, 3.05) is 5.88 Å². The van der Waals surface area contributed by atoms with E-state index in [-0.39, 0.29) is 0 Å². The standard InChI is InChI=1S/C13H16Cl2N2/c1-9(2)8-17-11-5-3-4-10(15)13(11)16-12(17)6-7-14/h3-5,9H,6-8H2,1-2H3. The second-order valence-electron chi connectivity index (χ2n) is 4.58. The predicted molar refractivity (Wildman–Crippen MR) is 74.0 cm³/mol. The molecule has 1 aromatic heterocycles. The first-order chi connectivity index (χ1) is 8.13. The Hall–Kier alpha value is -0.730. The molecule has 0 fully saturated rings. The number of fused-ring (bicyclic) bond motifs is 1. The average Bonchev–Trinajstić information content (AvgIpc) is 2.59. The summed E-state index contributed by atoms with van der Waals surface area (Å²) >= 11 is 12.0. The summed E-state index contributed by atoms with van der Waals surface area (Å²) in [6.07, 6.45) is 0.777. The minimum absolute atomic E-state index is 0.570. The van der Waals surface area contributed by atoms with Crippen molar-refractivity contribution in [3.05, 3.63) is 29.0 Å². The highest BCUT2D eigenvalue weighted by atomic mass is 35.5. The van der Waals surface area contributed by atoms with Crippen LogP contribution in [0.1, 0.15) is 19.7 Å². The highest BCUT2D eigenvalue weighted by molar-refractivity contribution is 6.34. The maximum absolute atomic E-state index is 6.17. The third-order valence-corrected chi connectivity index (χ3v) is 3.17. The molecule has 2 nitrogen and oxygen atoms in total. The van der Waals surface area contributed by atoms with Crippen molar-refractivity contribution in [2.45, 2.75) is 26.8 Å². The van der Waals surface area contributed by atoms with Crippen LogP contribution >= 0.6 is 23.2 Å². The molecule has 2 rings (SSSR count). The molecule has 17 heavy (non-hydrogen) atoms. The van der Waals surface area contributed by atoms with Crippen molar-refractivity contribution in [1.82, 2.24) is 9.55 Å². The average molecular weight is 271 g/mol. The Morgan fingerprint density at radius 3 is 2.76 bits per heavy atom. The largest absolute Gasteiger partial charge is 0.328 e. The van der Waals surface area contributed by atoms with Crippen LogP contribution in [-0.2, 0) is 13.0 Å².